The molecule has 3 nitrogen and oxygen atoms in total. The number of hydrogen-bond acceptors (Lipinski definition) is 3. The van der Waals surface area contributed by atoms with Crippen molar-refractivity contribution < 1.29 is 4.79 Å². The lowest BCUT2D eigenvalue weighted by Crippen LogP contribution is -2.33. The quantitative estimate of drug-likeness (QED) is 0.870. The topological polar surface area (TPSA) is 32.3 Å². The fraction of sp³-hybridized carbons (Fsp3) is 0.583. The lowest BCUT2D eigenvalue weighted by Gasteiger charge is -2.14. The number of likely N-dealkylation sites (tertiary alicyclic amines) is 1. The van der Waals surface area contributed by atoms with E-state index in [0.717, 1.165) is 26.1 Å². The standard InChI is InChI=1S/C12H18N2OS/c1-9-4-6-16-12(9)7-13-11-3-5-14(8-11)10(2)15/h4,6,11,13H,3,5,7-8H2,1-2H3. The summed E-state index contributed by atoms with van der Waals surface area (Å²) in [5.74, 6) is 0.191. The normalized spacial score (nSPS) is 20.4. The summed E-state index contributed by atoms with van der Waals surface area (Å²) < 4.78 is 0. The van der Waals surface area contributed by atoms with E-state index in [0.29, 0.717) is 6.04 Å². The fourth-order valence-electron chi connectivity index (χ4n) is 2.04. The molecule has 0 bridgehead atoms. The number of nitrogens with one attached hydrogen (secondary N) is 1. The zero-order valence-corrected chi connectivity index (χ0v) is 10.6. The summed E-state index contributed by atoms with van der Waals surface area (Å²) in [6, 6.07) is 2.61. The largest absolute Gasteiger partial charge is 0.341 e. The molecule has 1 amide bonds. The highest BCUT2D eigenvalue weighted by Crippen LogP contribution is 2.16. The van der Waals surface area contributed by atoms with Crippen molar-refractivity contribution in [3.05, 3.63) is 21.9 Å². The van der Waals surface area contributed by atoms with Crippen LogP contribution >= 0.6 is 11.3 Å². The summed E-state index contributed by atoms with van der Waals surface area (Å²) in [5.41, 5.74) is 1.36. The molecule has 1 atom stereocenters. The molecule has 2 rings (SSSR count). The van der Waals surface area contributed by atoms with E-state index in [1.165, 1.54) is 10.4 Å². The van der Waals surface area contributed by atoms with Crippen molar-refractivity contribution in [2.24, 2.45) is 0 Å². The van der Waals surface area contributed by atoms with Crippen molar-refractivity contribution in [3.63, 3.8) is 0 Å². The highest BCUT2D eigenvalue weighted by atomic mass is 32.1. The van der Waals surface area contributed by atoms with Crippen LogP contribution in [-0.4, -0.2) is 29.9 Å². The lowest BCUT2D eigenvalue weighted by atomic mass is 10.2. The van der Waals surface area contributed by atoms with E-state index in [9.17, 15) is 4.79 Å². The van der Waals surface area contributed by atoms with Crippen LogP contribution in [0.2, 0.25) is 0 Å². The number of hydrogen-bond donors (Lipinski definition) is 1. The molecule has 4 heteroatoms. The Hall–Kier alpha value is -0.870. The molecule has 2 heterocycles. The molecule has 0 aromatic carbocycles. The highest BCUT2D eigenvalue weighted by molar-refractivity contribution is 7.10. The first kappa shape index (κ1) is 11.6. The average molecular weight is 238 g/mol. The summed E-state index contributed by atoms with van der Waals surface area (Å²) in [7, 11) is 0. The van der Waals surface area contributed by atoms with Crippen LogP contribution in [0.4, 0.5) is 0 Å². The summed E-state index contributed by atoms with van der Waals surface area (Å²) in [6.07, 6.45) is 1.07. The van der Waals surface area contributed by atoms with Gasteiger partial charge in [-0.05, 0) is 30.4 Å². The van der Waals surface area contributed by atoms with Crippen LogP contribution in [-0.2, 0) is 11.3 Å². The predicted molar refractivity (Wildman–Crippen MR) is 66.6 cm³/mol. The van der Waals surface area contributed by atoms with Gasteiger partial charge < -0.3 is 10.2 Å². The number of thiophene rings is 1. The number of amides is 1. The molecule has 0 aliphatic carbocycles. The number of nitrogens with zero attached hydrogens (tertiary/aromatic N) is 1. The van der Waals surface area contributed by atoms with Gasteiger partial charge in [-0.2, -0.15) is 0 Å². The number of carbonyl (C=O) groups is 1. The highest BCUT2D eigenvalue weighted by Gasteiger charge is 2.23. The average Bonchev–Trinajstić information content (AvgIpc) is 2.83. The van der Waals surface area contributed by atoms with Crippen molar-refractivity contribution in [2.45, 2.75) is 32.9 Å². The van der Waals surface area contributed by atoms with Crippen LogP contribution in [0.1, 0.15) is 23.8 Å². The molecule has 0 radical (unpaired) electrons. The Labute approximate surface area is 100 Å². The SMILES string of the molecule is CC(=O)N1CCC(NCc2sccc2C)C1. The van der Waals surface area contributed by atoms with Gasteiger partial charge in [0.25, 0.3) is 0 Å². The maximum absolute atomic E-state index is 11.2. The second-order valence-corrected chi connectivity index (χ2v) is 5.36. The van der Waals surface area contributed by atoms with Gasteiger partial charge >= 0.3 is 0 Å². The van der Waals surface area contributed by atoms with E-state index in [-0.39, 0.29) is 5.91 Å². The van der Waals surface area contributed by atoms with Gasteiger partial charge in [0.15, 0.2) is 0 Å². The van der Waals surface area contributed by atoms with E-state index in [4.69, 9.17) is 0 Å². The second-order valence-electron chi connectivity index (χ2n) is 4.36. The Kier molecular flexibility index (Phi) is 3.61. The van der Waals surface area contributed by atoms with Gasteiger partial charge in [0.1, 0.15) is 0 Å². The molecule has 1 unspecified atom stereocenters. The van der Waals surface area contributed by atoms with E-state index in [1.807, 2.05) is 4.90 Å². The van der Waals surface area contributed by atoms with Gasteiger partial charge in [-0.15, -0.1) is 11.3 Å². The molecule has 0 spiro atoms. The monoisotopic (exact) mass is 238 g/mol. The van der Waals surface area contributed by atoms with E-state index < -0.39 is 0 Å². The molecule has 1 saturated heterocycles. The molecule has 1 fully saturated rings. The van der Waals surface area contributed by atoms with Crippen molar-refractivity contribution in [1.82, 2.24) is 10.2 Å². The summed E-state index contributed by atoms with van der Waals surface area (Å²) in [5, 5.41) is 5.65. The molecule has 1 aliphatic rings. The maximum Gasteiger partial charge on any atom is 0.219 e. The van der Waals surface area contributed by atoms with Crippen LogP contribution < -0.4 is 5.32 Å². The van der Waals surface area contributed by atoms with E-state index in [1.54, 1.807) is 18.3 Å². The van der Waals surface area contributed by atoms with Crippen LogP contribution in [0, 0.1) is 6.92 Å². The molecule has 0 saturated carbocycles. The minimum Gasteiger partial charge on any atom is -0.341 e. The minimum absolute atomic E-state index is 0.191. The van der Waals surface area contributed by atoms with Crippen molar-refractivity contribution >= 4 is 17.2 Å². The third-order valence-corrected chi connectivity index (χ3v) is 4.18. The Morgan fingerprint density at radius 2 is 2.50 bits per heavy atom. The summed E-state index contributed by atoms with van der Waals surface area (Å²) in [4.78, 5) is 14.5. The second kappa shape index (κ2) is 4.97. The molecule has 1 aromatic rings. The van der Waals surface area contributed by atoms with Gasteiger partial charge in [-0.1, -0.05) is 0 Å². The first-order valence-corrected chi connectivity index (χ1v) is 6.56. The van der Waals surface area contributed by atoms with E-state index >= 15 is 0 Å². The van der Waals surface area contributed by atoms with Crippen molar-refractivity contribution in [2.75, 3.05) is 13.1 Å². The van der Waals surface area contributed by atoms with Gasteiger partial charge in [0, 0.05) is 37.5 Å². The van der Waals surface area contributed by atoms with Crippen LogP contribution in [0.15, 0.2) is 11.4 Å². The van der Waals surface area contributed by atoms with Crippen molar-refractivity contribution in [1.29, 1.82) is 0 Å². The summed E-state index contributed by atoms with van der Waals surface area (Å²) in [6.45, 7) is 6.48. The van der Waals surface area contributed by atoms with Gasteiger partial charge in [-0.3, -0.25) is 4.79 Å². The van der Waals surface area contributed by atoms with Gasteiger partial charge in [-0.25, -0.2) is 0 Å². The summed E-state index contributed by atoms with van der Waals surface area (Å²) >= 11 is 1.80. The molecule has 88 valence electrons. The first-order valence-electron chi connectivity index (χ1n) is 5.68. The lowest BCUT2D eigenvalue weighted by molar-refractivity contribution is -0.127. The Balaban J connectivity index is 1.80. The fourth-order valence-corrected chi connectivity index (χ4v) is 2.89. The number of rotatable bonds is 3. The Morgan fingerprint density at radius 3 is 3.06 bits per heavy atom. The zero-order valence-electron chi connectivity index (χ0n) is 9.82. The molecule has 1 aromatic heterocycles. The van der Waals surface area contributed by atoms with Crippen molar-refractivity contribution in [3.8, 4) is 0 Å². The Morgan fingerprint density at radius 1 is 1.69 bits per heavy atom. The molecular formula is C12H18N2OS. The van der Waals surface area contributed by atoms with E-state index in [2.05, 4.69) is 23.7 Å². The minimum atomic E-state index is 0.191. The Bertz CT molecular complexity index is 375. The third-order valence-electron chi connectivity index (χ3n) is 3.15. The third kappa shape index (κ3) is 2.62. The maximum atomic E-state index is 11.2. The van der Waals surface area contributed by atoms with Gasteiger partial charge in [0.05, 0.1) is 0 Å². The predicted octanol–water partition coefficient (Wildman–Crippen LogP) is 1.77. The smallest absolute Gasteiger partial charge is 0.219 e. The number of carbonyl (C=O) groups excluding carboxylic acids is 1. The molecular weight excluding hydrogens is 220 g/mol. The molecule has 16 heavy (non-hydrogen) atoms. The zero-order chi connectivity index (χ0) is 11.5. The molecule has 1 aliphatic heterocycles. The van der Waals surface area contributed by atoms with Crippen LogP contribution in [0.5, 0.6) is 0 Å². The first-order chi connectivity index (χ1) is 7.66. The molecule has 1 N–H and O–H groups in total. The number of aryl methyl sites for hydroxylation is 1. The van der Waals surface area contributed by atoms with Crippen LogP contribution in [0.25, 0.3) is 0 Å². The van der Waals surface area contributed by atoms with Gasteiger partial charge in [0.2, 0.25) is 5.91 Å². The van der Waals surface area contributed by atoms with Crippen LogP contribution in [0.3, 0.4) is 0 Å².